The Balaban J connectivity index is -0.000000224. The Morgan fingerprint density at radius 1 is 0.526 bits per heavy atom. The molecule has 0 aliphatic heterocycles. The number of hydrogen-bond donors (Lipinski definition) is 4. The van der Waals surface area contributed by atoms with Gasteiger partial charge in [-0.05, 0) is 55.4 Å². The summed E-state index contributed by atoms with van der Waals surface area (Å²) in [5.74, 6) is 0. The predicted molar refractivity (Wildman–Crippen MR) is 76.9 cm³/mol. The van der Waals surface area contributed by atoms with Gasteiger partial charge in [0.15, 0.2) is 0 Å². The van der Waals surface area contributed by atoms with E-state index in [-0.39, 0.29) is 0 Å². The van der Waals surface area contributed by atoms with Crippen molar-refractivity contribution in [2.75, 3.05) is 0 Å². The van der Waals surface area contributed by atoms with E-state index in [1.165, 1.54) is 0 Å². The van der Waals surface area contributed by atoms with E-state index in [0.717, 1.165) is 0 Å². The molecule has 0 heterocycles. The van der Waals surface area contributed by atoms with Crippen LogP contribution in [0, 0.1) is 0 Å². The normalized spacial score (nSPS) is 12.9. The zero-order valence-electron chi connectivity index (χ0n) is 13.0. The second-order valence-electron chi connectivity index (χ2n) is 6.29. The van der Waals surface area contributed by atoms with Crippen molar-refractivity contribution in [3.8, 4) is 0 Å². The second-order valence-corrected chi connectivity index (χ2v) is 10.5. The topological polar surface area (TPSA) is 80.9 Å². The standard InChI is InChI=1S/2C6H14O2.2ClH.W/c2*1-5(2,7)6(3,4)8;;;/h2*7-8H,1-4H3;2*1H;/q;;;;+2/p-2. The molecule has 0 unspecified atom stereocenters. The van der Waals surface area contributed by atoms with Crippen LogP contribution in [0.25, 0.3) is 0 Å². The van der Waals surface area contributed by atoms with Gasteiger partial charge in [0, 0.05) is 0 Å². The molecule has 0 saturated heterocycles. The van der Waals surface area contributed by atoms with Crippen LogP contribution in [0.1, 0.15) is 55.4 Å². The van der Waals surface area contributed by atoms with Crippen molar-refractivity contribution in [2.45, 2.75) is 77.8 Å². The number of halogens is 2. The molecule has 0 amide bonds. The molecule has 0 saturated carbocycles. The number of aliphatic hydroxyl groups is 4. The number of hydrogen-bond acceptors (Lipinski definition) is 4. The molecule has 19 heavy (non-hydrogen) atoms. The molecule has 0 radical (unpaired) electrons. The molecule has 0 rings (SSSR count). The minimum atomic E-state index is -1.01. The van der Waals surface area contributed by atoms with Gasteiger partial charge in [0.05, 0.1) is 22.4 Å². The van der Waals surface area contributed by atoms with Crippen molar-refractivity contribution in [3.05, 3.63) is 0 Å². The fourth-order valence-corrected chi connectivity index (χ4v) is 0. The molecule has 0 fully saturated rings. The van der Waals surface area contributed by atoms with Gasteiger partial charge in [-0.3, -0.25) is 0 Å². The van der Waals surface area contributed by atoms with E-state index in [1.807, 2.05) is 0 Å². The first-order chi connectivity index (χ1) is 7.91. The van der Waals surface area contributed by atoms with Crippen molar-refractivity contribution >= 4 is 18.8 Å². The summed E-state index contributed by atoms with van der Waals surface area (Å²) >= 11 is -0.806. The fourth-order valence-electron chi connectivity index (χ4n) is 0. The van der Waals surface area contributed by atoms with Crippen molar-refractivity contribution in [1.82, 2.24) is 0 Å². The Hall–Kier alpha value is 1.11. The van der Waals surface area contributed by atoms with Crippen LogP contribution in [-0.2, 0) is 16.5 Å². The van der Waals surface area contributed by atoms with E-state index in [0.29, 0.717) is 0 Å². The maximum absolute atomic E-state index is 9.10. The van der Waals surface area contributed by atoms with Crippen LogP contribution in [-0.4, -0.2) is 42.8 Å². The summed E-state index contributed by atoms with van der Waals surface area (Å²) in [6.45, 7) is 12.6. The molecule has 0 aliphatic carbocycles. The molecule has 0 aromatic heterocycles. The van der Waals surface area contributed by atoms with Crippen LogP contribution in [0.5, 0.6) is 0 Å². The summed E-state index contributed by atoms with van der Waals surface area (Å²) in [6.07, 6.45) is 0. The minimum absolute atomic E-state index is 0.806. The van der Waals surface area contributed by atoms with Crippen LogP contribution >= 0.6 is 18.8 Å². The predicted octanol–water partition coefficient (Wildman–Crippen LogP) is 2.43. The Morgan fingerprint density at radius 2 is 0.579 bits per heavy atom. The second kappa shape index (κ2) is 9.19. The first kappa shape index (κ1) is 25.1. The average molecular weight is 491 g/mol. The first-order valence-electron chi connectivity index (χ1n) is 5.70. The van der Waals surface area contributed by atoms with Gasteiger partial charge in [0.2, 0.25) is 0 Å². The summed E-state index contributed by atoms with van der Waals surface area (Å²) in [6, 6.07) is 0. The third-order valence-electron chi connectivity index (χ3n) is 2.99. The van der Waals surface area contributed by atoms with Gasteiger partial charge >= 0.3 is 35.3 Å². The van der Waals surface area contributed by atoms with Crippen LogP contribution in [0.4, 0.5) is 0 Å². The molecule has 0 aliphatic rings. The Kier molecular flexibility index (Phi) is 12.1. The summed E-state index contributed by atoms with van der Waals surface area (Å²) in [7, 11) is 9.86. The van der Waals surface area contributed by atoms with Crippen molar-refractivity contribution in [2.24, 2.45) is 0 Å². The Bertz CT molecular complexity index is 174. The zero-order chi connectivity index (χ0) is 16.7. The molecule has 0 spiro atoms. The van der Waals surface area contributed by atoms with Gasteiger partial charge in [-0.1, -0.05) is 0 Å². The van der Waals surface area contributed by atoms with Gasteiger partial charge in [-0.2, -0.15) is 0 Å². The summed E-state index contributed by atoms with van der Waals surface area (Å²) < 4.78 is 0. The van der Waals surface area contributed by atoms with E-state index in [2.05, 4.69) is 0 Å². The molecule has 4 nitrogen and oxygen atoms in total. The summed E-state index contributed by atoms with van der Waals surface area (Å²) in [5.41, 5.74) is -4.03. The van der Waals surface area contributed by atoms with E-state index in [9.17, 15) is 0 Å². The van der Waals surface area contributed by atoms with Crippen molar-refractivity contribution in [1.29, 1.82) is 0 Å². The van der Waals surface area contributed by atoms with E-state index >= 15 is 0 Å². The van der Waals surface area contributed by atoms with Crippen molar-refractivity contribution < 1.29 is 36.9 Å². The maximum atomic E-state index is 9.10. The average Bonchev–Trinajstić information content (AvgIpc) is 1.97. The van der Waals surface area contributed by atoms with Gasteiger partial charge in [0.25, 0.3) is 0 Å². The zero-order valence-corrected chi connectivity index (χ0v) is 17.4. The molecule has 0 bridgehead atoms. The molecule has 0 aromatic rings. The fraction of sp³-hybridized carbons (Fsp3) is 1.00. The monoisotopic (exact) mass is 490 g/mol. The number of rotatable bonds is 2. The van der Waals surface area contributed by atoms with Gasteiger partial charge < -0.3 is 20.4 Å². The Morgan fingerprint density at radius 3 is 0.579 bits per heavy atom. The van der Waals surface area contributed by atoms with Gasteiger partial charge in [-0.25, -0.2) is 0 Å². The van der Waals surface area contributed by atoms with Crippen LogP contribution in [0.3, 0.4) is 0 Å². The summed E-state index contributed by atoms with van der Waals surface area (Å²) in [5, 5.41) is 36.4. The SMILES string of the molecule is CC(C)(O)C(C)(C)O.CC(C)(O)C(C)(C)O.[Cl][W][Cl]. The molecule has 4 N–H and O–H groups in total. The van der Waals surface area contributed by atoms with Crippen LogP contribution in [0.2, 0.25) is 0 Å². The summed E-state index contributed by atoms with van der Waals surface area (Å²) in [4.78, 5) is 0. The third-order valence-corrected chi connectivity index (χ3v) is 2.99. The molecule has 0 aromatic carbocycles. The molecule has 7 heteroatoms. The van der Waals surface area contributed by atoms with Gasteiger partial charge in [0.1, 0.15) is 0 Å². The molecule has 0 atom stereocenters. The van der Waals surface area contributed by atoms with Crippen LogP contribution in [0.15, 0.2) is 0 Å². The third kappa shape index (κ3) is 15.3. The Labute approximate surface area is 133 Å². The first-order valence-corrected chi connectivity index (χ1v) is 13.0. The van der Waals surface area contributed by atoms with Gasteiger partial charge in [-0.15, -0.1) is 0 Å². The quantitative estimate of drug-likeness (QED) is 0.479. The van der Waals surface area contributed by atoms with E-state index < -0.39 is 38.9 Å². The van der Waals surface area contributed by atoms with Crippen LogP contribution < -0.4 is 0 Å². The van der Waals surface area contributed by atoms with E-state index in [4.69, 9.17) is 39.3 Å². The molecular weight excluding hydrogens is 463 g/mol. The molecule has 120 valence electrons. The van der Waals surface area contributed by atoms with E-state index in [1.54, 1.807) is 55.4 Å². The van der Waals surface area contributed by atoms with Crippen molar-refractivity contribution in [3.63, 3.8) is 0 Å². The molecular formula is C12H28Cl2O4W.